The molecule has 0 aliphatic carbocycles. The zero-order chi connectivity index (χ0) is 25.3. The Balaban J connectivity index is 1.62. The van der Waals surface area contributed by atoms with Crippen LogP contribution in [0.2, 0.25) is 0 Å². The topological polar surface area (TPSA) is 92.9 Å². The van der Waals surface area contributed by atoms with Gasteiger partial charge in [-0.05, 0) is 62.7 Å². The number of aromatic carboxylic acids is 1. The van der Waals surface area contributed by atoms with Gasteiger partial charge in [-0.25, -0.2) is 18.6 Å². The van der Waals surface area contributed by atoms with Gasteiger partial charge >= 0.3 is 5.97 Å². The molecule has 2 N–H and O–H groups in total. The number of amides is 1. The van der Waals surface area contributed by atoms with Crippen molar-refractivity contribution < 1.29 is 28.2 Å². The molecule has 0 fully saturated rings. The summed E-state index contributed by atoms with van der Waals surface area (Å²) in [6.07, 6.45) is 1.64. The molecule has 0 saturated carbocycles. The van der Waals surface area contributed by atoms with Crippen LogP contribution >= 0.6 is 0 Å². The lowest BCUT2D eigenvalue weighted by Crippen LogP contribution is -2.41. The predicted molar refractivity (Wildman–Crippen MR) is 125 cm³/mol. The molecular formula is C26H23F2N3O4. The van der Waals surface area contributed by atoms with Gasteiger partial charge in [-0.1, -0.05) is 18.2 Å². The highest BCUT2D eigenvalue weighted by atomic mass is 19.1. The standard InChI is InChI=1S/C26H23F2N3O4/c1-15-22(24(32)30-26(2,3)17-8-4-7-16(13-17)25(33)34)31-12-6-11-21(23(31)29-15)35-14-18-19(27)9-5-10-20(18)28/h4-13H,14H2,1-3H3,(H,30,32)(H,33,34). The number of carboxylic acids is 1. The molecule has 0 bridgehead atoms. The van der Waals surface area contributed by atoms with Crippen molar-refractivity contribution in [2.75, 3.05) is 0 Å². The maximum atomic E-state index is 14.0. The highest BCUT2D eigenvalue weighted by molar-refractivity contribution is 5.95. The van der Waals surface area contributed by atoms with E-state index in [0.29, 0.717) is 16.9 Å². The smallest absolute Gasteiger partial charge is 0.335 e. The van der Waals surface area contributed by atoms with Gasteiger partial charge in [0, 0.05) is 6.20 Å². The van der Waals surface area contributed by atoms with Gasteiger partial charge in [0.1, 0.15) is 23.9 Å². The summed E-state index contributed by atoms with van der Waals surface area (Å²) in [5.41, 5.74) is 0.627. The minimum Gasteiger partial charge on any atom is -0.485 e. The summed E-state index contributed by atoms with van der Waals surface area (Å²) >= 11 is 0. The van der Waals surface area contributed by atoms with E-state index in [0.717, 1.165) is 12.1 Å². The number of carboxylic acid groups (broad SMARTS) is 1. The second-order valence-electron chi connectivity index (χ2n) is 8.57. The van der Waals surface area contributed by atoms with Crippen molar-refractivity contribution in [2.24, 2.45) is 0 Å². The molecule has 9 heteroatoms. The van der Waals surface area contributed by atoms with Crippen LogP contribution in [0, 0.1) is 18.6 Å². The number of nitrogens with one attached hydrogen (secondary N) is 1. The fourth-order valence-corrected chi connectivity index (χ4v) is 3.82. The first kappa shape index (κ1) is 23.9. The average Bonchev–Trinajstić information content (AvgIpc) is 3.15. The number of aromatic nitrogens is 2. The molecule has 7 nitrogen and oxygen atoms in total. The Labute approximate surface area is 200 Å². The van der Waals surface area contributed by atoms with E-state index in [1.807, 2.05) is 0 Å². The van der Waals surface area contributed by atoms with Gasteiger partial charge in [0.25, 0.3) is 5.91 Å². The molecule has 0 radical (unpaired) electrons. The zero-order valence-corrected chi connectivity index (χ0v) is 19.3. The maximum absolute atomic E-state index is 14.0. The van der Waals surface area contributed by atoms with Crippen LogP contribution in [0.15, 0.2) is 60.8 Å². The largest absolute Gasteiger partial charge is 0.485 e. The van der Waals surface area contributed by atoms with Crippen molar-refractivity contribution in [2.45, 2.75) is 32.9 Å². The first-order valence-corrected chi connectivity index (χ1v) is 10.8. The number of fused-ring (bicyclic) bond motifs is 1. The SMILES string of the molecule is Cc1nc2c(OCc3c(F)cccc3F)cccn2c1C(=O)NC(C)(C)c1cccc(C(=O)O)c1. The van der Waals surface area contributed by atoms with Crippen LogP contribution < -0.4 is 10.1 Å². The lowest BCUT2D eigenvalue weighted by atomic mass is 9.92. The fraction of sp³-hybridized carbons (Fsp3) is 0.192. The molecule has 1 amide bonds. The van der Waals surface area contributed by atoms with Crippen LogP contribution in [0.3, 0.4) is 0 Å². The van der Waals surface area contributed by atoms with Crippen molar-refractivity contribution >= 4 is 17.5 Å². The number of nitrogens with zero attached hydrogens (tertiary/aromatic N) is 2. The quantitative estimate of drug-likeness (QED) is 0.395. The number of hydrogen-bond acceptors (Lipinski definition) is 4. The second-order valence-corrected chi connectivity index (χ2v) is 8.57. The molecule has 2 heterocycles. The molecule has 0 spiro atoms. The van der Waals surface area contributed by atoms with Crippen molar-refractivity contribution in [3.05, 3.63) is 101 Å². The number of carbonyl (C=O) groups is 2. The molecule has 0 unspecified atom stereocenters. The molecule has 0 saturated heterocycles. The number of ether oxygens (including phenoxy) is 1. The lowest BCUT2D eigenvalue weighted by molar-refractivity contribution is 0.0696. The number of aryl methyl sites for hydroxylation is 1. The van der Waals surface area contributed by atoms with Gasteiger partial charge in [-0.2, -0.15) is 0 Å². The molecular weight excluding hydrogens is 456 g/mol. The number of pyridine rings is 1. The first-order chi connectivity index (χ1) is 16.6. The average molecular weight is 479 g/mol. The summed E-state index contributed by atoms with van der Waals surface area (Å²) in [6.45, 7) is 4.85. The Morgan fingerprint density at radius 2 is 1.77 bits per heavy atom. The van der Waals surface area contributed by atoms with Crippen LogP contribution in [0.25, 0.3) is 5.65 Å². The van der Waals surface area contributed by atoms with Crippen molar-refractivity contribution in [3.63, 3.8) is 0 Å². The van der Waals surface area contributed by atoms with Crippen molar-refractivity contribution in [3.8, 4) is 5.75 Å². The number of rotatable bonds is 7. The highest BCUT2D eigenvalue weighted by Crippen LogP contribution is 2.26. The third-order valence-corrected chi connectivity index (χ3v) is 5.69. The third-order valence-electron chi connectivity index (χ3n) is 5.69. The molecule has 180 valence electrons. The van der Waals surface area contributed by atoms with E-state index < -0.39 is 29.0 Å². The summed E-state index contributed by atoms with van der Waals surface area (Å²) < 4.78 is 35.2. The van der Waals surface area contributed by atoms with E-state index in [1.54, 1.807) is 55.6 Å². The molecule has 35 heavy (non-hydrogen) atoms. The summed E-state index contributed by atoms with van der Waals surface area (Å²) in [6, 6.07) is 13.2. The Morgan fingerprint density at radius 1 is 1.09 bits per heavy atom. The summed E-state index contributed by atoms with van der Waals surface area (Å²) in [5, 5.41) is 12.2. The number of halogens is 2. The predicted octanol–water partition coefficient (Wildman–Crippen LogP) is 4.86. The molecule has 0 atom stereocenters. The Morgan fingerprint density at radius 3 is 2.46 bits per heavy atom. The number of carbonyl (C=O) groups excluding carboxylic acids is 1. The third kappa shape index (κ3) is 4.70. The fourth-order valence-electron chi connectivity index (χ4n) is 3.82. The molecule has 4 rings (SSSR count). The van der Waals surface area contributed by atoms with E-state index in [-0.39, 0.29) is 29.2 Å². The Bertz CT molecular complexity index is 1430. The highest BCUT2D eigenvalue weighted by Gasteiger charge is 2.27. The lowest BCUT2D eigenvalue weighted by Gasteiger charge is -2.27. The van der Waals surface area contributed by atoms with Gasteiger partial charge in [-0.15, -0.1) is 0 Å². The van der Waals surface area contributed by atoms with Crippen LogP contribution in [0.1, 0.15) is 51.5 Å². The van der Waals surface area contributed by atoms with E-state index in [1.165, 1.54) is 18.2 Å². The number of imidazole rings is 1. The Hall–Kier alpha value is -4.27. The van der Waals surface area contributed by atoms with Gasteiger partial charge in [0.05, 0.1) is 22.4 Å². The Kier molecular flexibility index (Phi) is 6.26. The van der Waals surface area contributed by atoms with Crippen LogP contribution in [-0.4, -0.2) is 26.4 Å². The van der Waals surface area contributed by atoms with E-state index >= 15 is 0 Å². The molecule has 4 aromatic rings. The van der Waals surface area contributed by atoms with Crippen molar-refractivity contribution in [1.82, 2.24) is 14.7 Å². The molecule has 2 aromatic heterocycles. The summed E-state index contributed by atoms with van der Waals surface area (Å²) in [5.74, 6) is -2.67. The van der Waals surface area contributed by atoms with Crippen LogP contribution in [0.5, 0.6) is 5.75 Å². The number of hydrogen-bond donors (Lipinski definition) is 2. The van der Waals surface area contributed by atoms with Crippen LogP contribution in [0.4, 0.5) is 8.78 Å². The molecule has 0 aliphatic rings. The van der Waals surface area contributed by atoms with E-state index in [4.69, 9.17) is 4.74 Å². The monoisotopic (exact) mass is 479 g/mol. The maximum Gasteiger partial charge on any atom is 0.335 e. The van der Waals surface area contributed by atoms with Crippen molar-refractivity contribution in [1.29, 1.82) is 0 Å². The minimum absolute atomic E-state index is 0.115. The van der Waals surface area contributed by atoms with Crippen LogP contribution in [-0.2, 0) is 12.1 Å². The van der Waals surface area contributed by atoms with E-state index in [9.17, 15) is 23.5 Å². The summed E-state index contributed by atoms with van der Waals surface area (Å²) in [4.78, 5) is 29.1. The number of benzene rings is 2. The van der Waals surface area contributed by atoms with Gasteiger partial charge in [-0.3, -0.25) is 9.20 Å². The summed E-state index contributed by atoms with van der Waals surface area (Å²) in [7, 11) is 0. The van der Waals surface area contributed by atoms with Gasteiger partial charge in [0.2, 0.25) is 0 Å². The van der Waals surface area contributed by atoms with Gasteiger partial charge < -0.3 is 15.2 Å². The zero-order valence-electron chi connectivity index (χ0n) is 19.3. The van der Waals surface area contributed by atoms with Gasteiger partial charge in [0.15, 0.2) is 11.4 Å². The first-order valence-electron chi connectivity index (χ1n) is 10.8. The molecule has 0 aliphatic heterocycles. The molecule has 2 aromatic carbocycles. The van der Waals surface area contributed by atoms with E-state index in [2.05, 4.69) is 10.3 Å². The second kappa shape index (κ2) is 9.17. The minimum atomic E-state index is -1.06. The normalized spacial score (nSPS) is 11.5.